The Bertz CT molecular complexity index is 834. The van der Waals surface area contributed by atoms with E-state index in [0.29, 0.717) is 46.7 Å². The van der Waals surface area contributed by atoms with Crippen molar-refractivity contribution in [2.45, 2.75) is 0 Å². The molecule has 1 aliphatic heterocycles. The van der Waals surface area contributed by atoms with Crippen LogP contribution in [-0.4, -0.2) is 25.0 Å². The second kappa shape index (κ2) is 7.27. The number of nitrogens with one attached hydrogen (secondary N) is 2. The van der Waals surface area contributed by atoms with Crippen LogP contribution in [0.1, 0.15) is 10.4 Å². The summed E-state index contributed by atoms with van der Waals surface area (Å²) in [5.41, 5.74) is 1.51. The molecule has 128 valence electrons. The second-order valence-corrected chi connectivity index (χ2v) is 5.61. The van der Waals surface area contributed by atoms with Gasteiger partial charge in [-0.15, -0.1) is 0 Å². The Morgan fingerprint density at radius 1 is 1.04 bits per heavy atom. The summed E-state index contributed by atoms with van der Waals surface area (Å²) in [6, 6.07) is 9.74. The summed E-state index contributed by atoms with van der Waals surface area (Å²) in [5, 5.41) is 5.74. The van der Waals surface area contributed by atoms with Crippen molar-refractivity contribution in [3.8, 4) is 11.5 Å². The van der Waals surface area contributed by atoms with Crippen molar-refractivity contribution in [3.05, 3.63) is 59.6 Å². The van der Waals surface area contributed by atoms with Crippen LogP contribution >= 0.6 is 11.6 Å². The Hall–Kier alpha value is -2.99. The maximum atomic E-state index is 12.4. The maximum absolute atomic E-state index is 12.4. The Balaban J connectivity index is 1.73. The average Bonchev–Trinajstić information content (AvgIpc) is 2.62. The lowest BCUT2D eigenvalue weighted by molar-refractivity contribution is -0.111. The molecule has 0 radical (unpaired) electrons. The minimum atomic E-state index is -0.317. The molecule has 0 bridgehead atoms. The van der Waals surface area contributed by atoms with E-state index in [1.807, 2.05) is 0 Å². The molecule has 3 rings (SSSR count). The van der Waals surface area contributed by atoms with Crippen LogP contribution in [-0.2, 0) is 4.79 Å². The van der Waals surface area contributed by atoms with Crippen LogP contribution in [0, 0.1) is 0 Å². The highest BCUT2D eigenvalue weighted by molar-refractivity contribution is 6.32. The third kappa shape index (κ3) is 3.92. The summed E-state index contributed by atoms with van der Waals surface area (Å²) < 4.78 is 10.9. The Kier molecular flexibility index (Phi) is 4.90. The number of halogens is 1. The van der Waals surface area contributed by atoms with Crippen molar-refractivity contribution in [1.82, 2.24) is 0 Å². The van der Waals surface area contributed by atoms with Crippen molar-refractivity contribution in [3.63, 3.8) is 0 Å². The smallest absolute Gasteiger partial charge is 0.255 e. The molecule has 1 heterocycles. The largest absolute Gasteiger partial charge is 0.486 e. The van der Waals surface area contributed by atoms with E-state index in [-0.39, 0.29) is 11.8 Å². The van der Waals surface area contributed by atoms with Gasteiger partial charge in [-0.05, 0) is 36.4 Å². The van der Waals surface area contributed by atoms with Crippen molar-refractivity contribution in [2.75, 3.05) is 23.8 Å². The number of fused-ring (bicyclic) bond motifs is 1. The van der Waals surface area contributed by atoms with Gasteiger partial charge in [0.25, 0.3) is 5.91 Å². The monoisotopic (exact) mass is 358 g/mol. The van der Waals surface area contributed by atoms with Crippen LogP contribution in [0.4, 0.5) is 11.4 Å². The third-order valence-electron chi connectivity index (χ3n) is 3.45. The van der Waals surface area contributed by atoms with Gasteiger partial charge in [-0.2, -0.15) is 0 Å². The molecule has 2 N–H and O–H groups in total. The number of hydrogen-bond acceptors (Lipinski definition) is 4. The number of carbonyl (C=O) groups is 2. The fourth-order valence-electron chi connectivity index (χ4n) is 2.28. The van der Waals surface area contributed by atoms with Crippen LogP contribution in [0.15, 0.2) is 49.1 Å². The van der Waals surface area contributed by atoms with E-state index < -0.39 is 0 Å². The van der Waals surface area contributed by atoms with Gasteiger partial charge >= 0.3 is 0 Å². The number of amides is 2. The molecule has 0 spiro atoms. The van der Waals surface area contributed by atoms with Crippen LogP contribution in [0.3, 0.4) is 0 Å². The van der Waals surface area contributed by atoms with E-state index in [9.17, 15) is 9.59 Å². The van der Waals surface area contributed by atoms with Crippen molar-refractivity contribution in [2.24, 2.45) is 0 Å². The maximum Gasteiger partial charge on any atom is 0.255 e. The van der Waals surface area contributed by atoms with Gasteiger partial charge in [0.15, 0.2) is 11.5 Å². The van der Waals surface area contributed by atoms with Crippen molar-refractivity contribution >= 4 is 34.8 Å². The number of carbonyl (C=O) groups excluding carboxylic acids is 2. The predicted octanol–water partition coefficient (Wildman–Crippen LogP) is 3.49. The standard InChI is InChI=1S/C18H15ClN2O4/c1-2-16(22)20-12-5-3-11(4-6-12)18(23)21-13-9-14(19)17-15(10-13)24-7-8-25-17/h2-6,9-10H,1,7-8H2,(H,20,22)(H,21,23). The highest BCUT2D eigenvalue weighted by atomic mass is 35.5. The van der Waals surface area contributed by atoms with Crippen LogP contribution < -0.4 is 20.1 Å². The minimum Gasteiger partial charge on any atom is -0.486 e. The zero-order valence-electron chi connectivity index (χ0n) is 13.2. The quantitative estimate of drug-likeness (QED) is 0.820. The van der Waals surface area contributed by atoms with Crippen molar-refractivity contribution in [1.29, 1.82) is 0 Å². The number of rotatable bonds is 4. The number of hydrogen-bond donors (Lipinski definition) is 2. The minimum absolute atomic E-state index is 0.311. The third-order valence-corrected chi connectivity index (χ3v) is 3.74. The van der Waals surface area contributed by atoms with Gasteiger partial charge in [0.1, 0.15) is 13.2 Å². The van der Waals surface area contributed by atoms with Gasteiger partial charge in [0.2, 0.25) is 5.91 Å². The molecule has 0 aromatic heterocycles. The van der Waals surface area contributed by atoms with Gasteiger partial charge in [-0.25, -0.2) is 0 Å². The summed E-state index contributed by atoms with van der Waals surface area (Å²) in [6.07, 6.45) is 1.17. The fourth-order valence-corrected chi connectivity index (χ4v) is 2.55. The van der Waals surface area contributed by atoms with E-state index in [4.69, 9.17) is 21.1 Å². The summed E-state index contributed by atoms with van der Waals surface area (Å²) in [6.45, 7) is 4.25. The van der Waals surface area contributed by atoms with Gasteiger partial charge in [-0.3, -0.25) is 9.59 Å². The van der Waals surface area contributed by atoms with Crippen LogP contribution in [0.5, 0.6) is 11.5 Å². The molecule has 7 heteroatoms. The van der Waals surface area contributed by atoms with E-state index >= 15 is 0 Å². The molecule has 1 aliphatic rings. The number of benzene rings is 2. The number of ether oxygens (including phenoxy) is 2. The topological polar surface area (TPSA) is 76.7 Å². The molecule has 0 saturated carbocycles. The lowest BCUT2D eigenvalue weighted by Crippen LogP contribution is -2.17. The molecule has 0 saturated heterocycles. The molecular formula is C18H15ClN2O4. The molecule has 0 aliphatic carbocycles. The molecule has 0 fully saturated rings. The molecular weight excluding hydrogens is 344 g/mol. The Morgan fingerprint density at radius 2 is 1.76 bits per heavy atom. The van der Waals surface area contributed by atoms with Gasteiger partial charge in [0, 0.05) is 23.0 Å². The first-order valence-electron chi connectivity index (χ1n) is 7.51. The molecule has 2 aromatic rings. The van der Waals surface area contributed by atoms with E-state index in [1.165, 1.54) is 6.08 Å². The predicted molar refractivity (Wildman–Crippen MR) is 95.7 cm³/mol. The average molecular weight is 359 g/mol. The molecule has 0 unspecified atom stereocenters. The zero-order valence-corrected chi connectivity index (χ0v) is 13.9. The Labute approximate surface area is 149 Å². The van der Waals surface area contributed by atoms with Gasteiger partial charge in [-0.1, -0.05) is 18.2 Å². The van der Waals surface area contributed by atoms with E-state index in [1.54, 1.807) is 36.4 Å². The van der Waals surface area contributed by atoms with Crippen LogP contribution in [0.25, 0.3) is 0 Å². The first-order valence-corrected chi connectivity index (χ1v) is 7.88. The van der Waals surface area contributed by atoms with E-state index in [0.717, 1.165) is 0 Å². The summed E-state index contributed by atoms with van der Waals surface area (Å²) >= 11 is 6.16. The highest BCUT2D eigenvalue weighted by Crippen LogP contribution is 2.40. The SMILES string of the molecule is C=CC(=O)Nc1ccc(C(=O)Nc2cc(Cl)c3c(c2)OCCO3)cc1. The zero-order chi connectivity index (χ0) is 17.8. The molecule has 6 nitrogen and oxygen atoms in total. The summed E-state index contributed by atoms with van der Waals surface area (Å²) in [4.78, 5) is 23.6. The molecule has 25 heavy (non-hydrogen) atoms. The summed E-state index contributed by atoms with van der Waals surface area (Å²) in [5.74, 6) is 0.349. The Morgan fingerprint density at radius 3 is 2.48 bits per heavy atom. The van der Waals surface area contributed by atoms with E-state index in [2.05, 4.69) is 17.2 Å². The fraction of sp³-hybridized carbons (Fsp3) is 0.111. The normalized spacial score (nSPS) is 12.2. The van der Waals surface area contributed by atoms with Crippen molar-refractivity contribution < 1.29 is 19.1 Å². The summed E-state index contributed by atoms with van der Waals surface area (Å²) in [7, 11) is 0. The molecule has 0 atom stereocenters. The lowest BCUT2D eigenvalue weighted by atomic mass is 10.2. The molecule has 2 aromatic carbocycles. The van der Waals surface area contributed by atoms with Gasteiger partial charge in [0.05, 0.1) is 5.02 Å². The molecule has 2 amide bonds. The van der Waals surface area contributed by atoms with Gasteiger partial charge < -0.3 is 20.1 Å². The first kappa shape index (κ1) is 16.9. The number of anilines is 2. The lowest BCUT2D eigenvalue weighted by Gasteiger charge is -2.20. The second-order valence-electron chi connectivity index (χ2n) is 5.21. The highest BCUT2D eigenvalue weighted by Gasteiger charge is 2.17. The van der Waals surface area contributed by atoms with Crippen LogP contribution in [0.2, 0.25) is 5.02 Å². The first-order chi connectivity index (χ1) is 12.1.